The zero-order valence-corrected chi connectivity index (χ0v) is 17.7. The number of hydrogen-bond acceptors (Lipinski definition) is 7. The molecule has 1 aromatic rings. The van der Waals surface area contributed by atoms with Crippen LogP contribution in [0.5, 0.6) is 5.88 Å². The summed E-state index contributed by atoms with van der Waals surface area (Å²) in [6, 6.07) is 3.99. The maximum absolute atomic E-state index is 13.2. The molecule has 4 rings (SSSR count). The van der Waals surface area contributed by atoms with E-state index in [0.717, 1.165) is 24.9 Å². The summed E-state index contributed by atoms with van der Waals surface area (Å²) < 4.78 is 10.6. The Morgan fingerprint density at radius 3 is 2.73 bits per heavy atom. The lowest BCUT2D eigenvalue weighted by Crippen LogP contribution is -2.56. The number of aliphatic hydroxyl groups is 2. The quantitative estimate of drug-likeness (QED) is 0.635. The second-order valence-corrected chi connectivity index (χ2v) is 8.99. The van der Waals surface area contributed by atoms with E-state index in [4.69, 9.17) is 9.47 Å². The number of rotatable bonds is 5. The molecule has 3 aliphatic rings. The molecule has 0 bridgehead atoms. The molecule has 2 aliphatic heterocycles. The van der Waals surface area contributed by atoms with E-state index < -0.39 is 12.2 Å². The minimum atomic E-state index is -0.891. The van der Waals surface area contributed by atoms with Crippen molar-refractivity contribution in [2.75, 3.05) is 33.4 Å². The topological polar surface area (TPSA) is 104 Å². The number of pyridine rings is 1. The first-order valence-corrected chi connectivity index (χ1v) is 10.9. The van der Waals surface area contributed by atoms with Gasteiger partial charge in [0.25, 0.3) is 0 Å². The monoisotopic (exact) mass is 419 g/mol. The molecule has 0 radical (unpaired) electrons. The van der Waals surface area contributed by atoms with Crippen LogP contribution in [0.15, 0.2) is 18.3 Å². The largest absolute Gasteiger partial charge is 0.481 e. The van der Waals surface area contributed by atoms with Crippen molar-refractivity contribution in [1.29, 1.82) is 0 Å². The van der Waals surface area contributed by atoms with Crippen molar-refractivity contribution >= 4 is 5.91 Å². The van der Waals surface area contributed by atoms with Crippen molar-refractivity contribution in [2.24, 2.45) is 23.7 Å². The highest BCUT2D eigenvalue weighted by atomic mass is 16.5. The van der Waals surface area contributed by atoms with Gasteiger partial charge in [-0.2, -0.15) is 0 Å². The minimum Gasteiger partial charge on any atom is -0.481 e. The van der Waals surface area contributed by atoms with Crippen molar-refractivity contribution in [2.45, 2.75) is 44.6 Å². The summed E-state index contributed by atoms with van der Waals surface area (Å²) in [6.07, 6.45) is 1.67. The van der Waals surface area contributed by atoms with E-state index in [9.17, 15) is 15.0 Å². The molecule has 8 heteroatoms. The normalized spacial score (nSPS) is 35.1. The Hall–Kier alpha value is -1.74. The number of methoxy groups -OCH3 is 1. The SMILES string of the molecule is COc1cc(CN2C[C@@H]3[C@H](O)[C@@H](O)[C@H](C)[C@H](C(=O)NC4CCOCC4)[C@H]3C2)ccn1. The van der Waals surface area contributed by atoms with Gasteiger partial charge in [-0.15, -0.1) is 0 Å². The van der Waals surface area contributed by atoms with Crippen molar-refractivity contribution < 1.29 is 24.5 Å². The first-order chi connectivity index (χ1) is 14.5. The predicted octanol–water partition coefficient (Wildman–Crippen LogP) is 0.421. The summed E-state index contributed by atoms with van der Waals surface area (Å²) in [5.74, 6) is -0.132. The summed E-state index contributed by atoms with van der Waals surface area (Å²) in [6.45, 7) is 5.28. The summed E-state index contributed by atoms with van der Waals surface area (Å²) >= 11 is 0. The molecule has 30 heavy (non-hydrogen) atoms. The number of amides is 1. The van der Waals surface area contributed by atoms with Crippen LogP contribution < -0.4 is 10.1 Å². The van der Waals surface area contributed by atoms with E-state index in [1.807, 2.05) is 19.1 Å². The van der Waals surface area contributed by atoms with Gasteiger partial charge in [-0.05, 0) is 36.3 Å². The van der Waals surface area contributed by atoms with Crippen molar-refractivity contribution in [3.05, 3.63) is 23.9 Å². The van der Waals surface area contributed by atoms with Gasteiger partial charge < -0.3 is 25.0 Å². The minimum absolute atomic E-state index is 0.00257. The number of aliphatic hydroxyl groups excluding tert-OH is 2. The molecule has 0 unspecified atom stereocenters. The molecule has 1 amide bonds. The fourth-order valence-corrected chi connectivity index (χ4v) is 5.47. The molecule has 2 saturated heterocycles. The zero-order chi connectivity index (χ0) is 21.3. The van der Waals surface area contributed by atoms with Crippen LogP contribution in [0.25, 0.3) is 0 Å². The van der Waals surface area contributed by atoms with Gasteiger partial charge in [-0.1, -0.05) is 6.92 Å². The molecule has 1 aliphatic carbocycles. The van der Waals surface area contributed by atoms with Gasteiger partial charge >= 0.3 is 0 Å². The van der Waals surface area contributed by atoms with Gasteiger partial charge in [-0.3, -0.25) is 9.69 Å². The molecule has 3 N–H and O–H groups in total. The van der Waals surface area contributed by atoms with Crippen molar-refractivity contribution in [3.8, 4) is 5.88 Å². The molecule has 3 heterocycles. The molecule has 1 aromatic heterocycles. The second kappa shape index (κ2) is 9.18. The van der Waals surface area contributed by atoms with Crippen LogP contribution in [-0.2, 0) is 16.1 Å². The van der Waals surface area contributed by atoms with Crippen LogP contribution in [0.4, 0.5) is 0 Å². The fourth-order valence-electron chi connectivity index (χ4n) is 5.47. The highest BCUT2D eigenvalue weighted by molar-refractivity contribution is 5.80. The first kappa shape index (κ1) is 21.5. The Bertz CT molecular complexity index is 741. The summed E-state index contributed by atoms with van der Waals surface area (Å²) in [7, 11) is 1.59. The van der Waals surface area contributed by atoms with Gasteiger partial charge in [0.1, 0.15) is 0 Å². The number of aromatic nitrogens is 1. The lowest BCUT2D eigenvalue weighted by molar-refractivity contribution is -0.146. The number of likely N-dealkylation sites (tertiary alicyclic amines) is 1. The van der Waals surface area contributed by atoms with E-state index in [1.54, 1.807) is 13.3 Å². The maximum atomic E-state index is 13.2. The fraction of sp³-hybridized carbons (Fsp3) is 0.727. The number of ether oxygens (including phenoxy) is 2. The summed E-state index contributed by atoms with van der Waals surface area (Å²) in [5.41, 5.74) is 1.08. The lowest BCUT2D eigenvalue weighted by atomic mass is 9.65. The molecule has 0 spiro atoms. The van der Waals surface area contributed by atoms with Crippen molar-refractivity contribution in [1.82, 2.24) is 15.2 Å². The van der Waals surface area contributed by atoms with Crippen LogP contribution in [0.3, 0.4) is 0 Å². The Morgan fingerprint density at radius 2 is 2.00 bits per heavy atom. The number of hydrogen-bond donors (Lipinski definition) is 3. The van der Waals surface area contributed by atoms with Gasteiger partial charge in [0.15, 0.2) is 0 Å². The van der Waals surface area contributed by atoms with Crippen LogP contribution in [0.2, 0.25) is 0 Å². The number of carbonyl (C=O) groups is 1. The Morgan fingerprint density at radius 1 is 1.27 bits per heavy atom. The third-order valence-corrected chi connectivity index (χ3v) is 7.13. The number of nitrogens with one attached hydrogen (secondary N) is 1. The van der Waals surface area contributed by atoms with Gasteiger partial charge in [0, 0.05) is 63.0 Å². The molecule has 8 nitrogen and oxygen atoms in total. The molecular formula is C22H33N3O5. The Labute approximate surface area is 177 Å². The molecule has 3 fully saturated rings. The molecule has 6 atom stereocenters. The van der Waals surface area contributed by atoms with Gasteiger partial charge in [0.2, 0.25) is 11.8 Å². The molecule has 0 aromatic carbocycles. The van der Waals surface area contributed by atoms with Crippen LogP contribution >= 0.6 is 0 Å². The van der Waals surface area contributed by atoms with Gasteiger partial charge in [0.05, 0.1) is 19.3 Å². The number of fused-ring (bicyclic) bond motifs is 1. The van der Waals surface area contributed by atoms with E-state index in [-0.39, 0.29) is 35.6 Å². The van der Waals surface area contributed by atoms with Crippen LogP contribution in [0.1, 0.15) is 25.3 Å². The first-order valence-electron chi connectivity index (χ1n) is 10.9. The molecular weight excluding hydrogens is 386 g/mol. The van der Waals surface area contributed by atoms with E-state index in [2.05, 4.69) is 15.2 Å². The molecule has 166 valence electrons. The van der Waals surface area contributed by atoms with E-state index in [0.29, 0.717) is 32.2 Å². The molecule has 1 saturated carbocycles. The Balaban J connectivity index is 1.48. The van der Waals surface area contributed by atoms with Crippen LogP contribution in [-0.4, -0.2) is 77.7 Å². The average molecular weight is 420 g/mol. The Kier molecular flexibility index (Phi) is 6.57. The number of nitrogens with zero attached hydrogens (tertiary/aromatic N) is 2. The number of carbonyl (C=O) groups excluding carboxylic acids is 1. The average Bonchev–Trinajstić information content (AvgIpc) is 3.16. The highest BCUT2D eigenvalue weighted by Crippen LogP contribution is 2.44. The van der Waals surface area contributed by atoms with E-state index in [1.165, 1.54) is 0 Å². The third kappa shape index (κ3) is 4.32. The van der Waals surface area contributed by atoms with Crippen molar-refractivity contribution in [3.63, 3.8) is 0 Å². The summed E-state index contributed by atoms with van der Waals surface area (Å²) in [5, 5.41) is 24.6. The highest BCUT2D eigenvalue weighted by Gasteiger charge is 2.54. The maximum Gasteiger partial charge on any atom is 0.224 e. The smallest absolute Gasteiger partial charge is 0.224 e. The standard InChI is InChI=1S/C22H33N3O5/c1-13-19(22(28)24-15-4-7-30-8-5-15)16-11-25(12-17(16)21(27)20(13)26)10-14-3-6-23-18(9-14)29-2/h3,6,9,13,15-17,19-21,26-27H,4-5,7-8,10-12H2,1-2H3,(H,24,28)/t13-,16+,17+,19+,20+,21+/m1/s1. The van der Waals surface area contributed by atoms with Crippen LogP contribution in [0, 0.1) is 23.7 Å². The summed E-state index contributed by atoms with van der Waals surface area (Å²) in [4.78, 5) is 19.6. The van der Waals surface area contributed by atoms with Gasteiger partial charge in [-0.25, -0.2) is 4.98 Å². The zero-order valence-electron chi connectivity index (χ0n) is 17.7. The third-order valence-electron chi connectivity index (χ3n) is 7.13. The second-order valence-electron chi connectivity index (χ2n) is 8.99. The lowest BCUT2D eigenvalue weighted by Gasteiger charge is -2.43. The predicted molar refractivity (Wildman–Crippen MR) is 110 cm³/mol. The van der Waals surface area contributed by atoms with E-state index >= 15 is 0 Å².